The van der Waals surface area contributed by atoms with Crippen molar-refractivity contribution in [1.29, 1.82) is 0 Å². The van der Waals surface area contributed by atoms with E-state index in [1.54, 1.807) is 13.8 Å². The van der Waals surface area contributed by atoms with Gasteiger partial charge in [-0.15, -0.1) is 11.3 Å². The molecule has 0 fully saturated rings. The summed E-state index contributed by atoms with van der Waals surface area (Å²) in [5, 5.41) is 14.5. The third-order valence-electron chi connectivity index (χ3n) is 2.52. The van der Waals surface area contributed by atoms with Crippen LogP contribution in [0.3, 0.4) is 0 Å². The maximum Gasteiger partial charge on any atom is 0.321 e. The van der Waals surface area contributed by atoms with Crippen LogP contribution >= 0.6 is 11.3 Å². The fourth-order valence-electron chi connectivity index (χ4n) is 1.04. The van der Waals surface area contributed by atoms with Gasteiger partial charge in [-0.05, 0) is 27.7 Å². The normalized spacial score (nSPS) is 11.1. The van der Waals surface area contributed by atoms with Crippen molar-refractivity contribution >= 4 is 28.5 Å². The molecule has 18 heavy (non-hydrogen) atoms. The molecule has 0 aliphatic rings. The summed E-state index contributed by atoms with van der Waals surface area (Å²) in [6.07, 6.45) is 0. The first-order chi connectivity index (χ1) is 8.22. The van der Waals surface area contributed by atoms with Gasteiger partial charge in [0.2, 0.25) is 0 Å². The van der Waals surface area contributed by atoms with E-state index < -0.39 is 17.4 Å². The van der Waals surface area contributed by atoms with E-state index in [-0.39, 0.29) is 6.54 Å². The summed E-state index contributed by atoms with van der Waals surface area (Å²) in [6.45, 7) is 6.93. The Morgan fingerprint density at radius 1 is 1.39 bits per heavy atom. The SMILES string of the molecule is Cc1nc(NC(=O)NCC(C)(C)C(=O)O)sc1C. The second-order valence-electron chi connectivity index (χ2n) is 4.66. The van der Waals surface area contributed by atoms with Crippen molar-refractivity contribution in [3.8, 4) is 0 Å². The van der Waals surface area contributed by atoms with Crippen molar-refractivity contribution in [2.24, 2.45) is 5.41 Å². The Morgan fingerprint density at radius 3 is 2.44 bits per heavy atom. The number of aryl methyl sites for hydroxylation is 2. The summed E-state index contributed by atoms with van der Waals surface area (Å²) < 4.78 is 0. The van der Waals surface area contributed by atoms with Crippen LogP contribution in [-0.4, -0.2) is 28.6 Å². The number of urea groups is 1. The van der Waals surface area contributed by atoms with Crippen LogP contribution < -0.4 is 10.6 Å². The third kappa shape index (κ3) is 3.69. The van der Waals surface area contributed by atoms with Crippen LogP contribution in [0.1, 0.15) is 24.4 Å². The number of aromatic nitrogens is 1. The molecule has 0 spiro atoms. The molecule has 0 aliphatic carbocycles. The first-order valence-electron chi connectivity index (χ1n) is 5.44. The van der Waals surface area contributed by atoms with Crippen LogP contribution in [0, 0.1) is 19.3 Å². The smallest absolute Gasteiger partial charge is 0.321 e. The Labute approximate surface area is 109 Å². The number of anilines is 1. The summed E-state index contributed by atoms with van der Waals surface area (Å²) in [4.78, 5) is 27.6. The number of carbonyl (C=O) groups excluding carboxylic acids is 1. The highest BCUT2D eigenvalue weighted by molar-refractivity contribution is 7.15. The van der Waals surface area contributed by atoms with E-state index in [0.717, 1.165) is 10.6 Å². The summed E-state index contributed by atoms with van der Waals surface area (Å²) in [5.74, 6) is -0.955. The zero-order valence-corrected chi connectivity index (χ0v) is 11.6. The Bertz CT molecular complexity index is 449. The van der Waals surface area contributed by atoms with E-state index in [1.807, 2.05) is 13.8 Å². The van der Waals surface area contributed by atoms with Crippen molar-refractivity contribution in [3.63, 3.8) is 0 Å². The molecule has 0 saturated carbocycles. The number of carboxylic acid groups (broad SMARTS) is 1. The second kappa shape index (κ2) is 5.34. The first-order valence-corrected chi connectivity index (χ1v) is 6.26. The molecular weight excluding hydrogens is 254 g/mol. The van der Waals surface area contributed by atoms with Gasteiger partial charge >= 0.3 is 12.0 Å². The molecule has 0 atom stereocenters. The Balaban J connectivity index is 2.50. The minimum atomic E-state index is -0.994. The predicted molar refractivity (Wildman–Crippen MR) is 70.0 cm³/mol. The Kier molecular flexibility index (Phi) is 4.28. The molecule has 0 aromatic carbocycles. The number of hydrogen-bond acceptors (Lipinski definition) is 4. The molecule has 3 N–H and O–H groups in total. The molecular formula is C11H17N3O3S. The lowest BCUT2D eigenvalue weighted by atomic mass is 9.94. The number of thiazole rings is 1. The molecule has 0 aliphatic heterocycles. The number of aliphatic carboxylic acids is 1. The van der Waals surface area contributed by atoms with E-state index in [1.165, 1.54) is 11.3 Å². The van der Waals surface area contributed by atoms with Crippen molar-refractivity contribution in [1.82, 2.24) is 10.3 Å². The molecule has 0 bridgehead atoms. The number of amides is 2. The maximum atomic E-state index is 11.6. The number of nitrogens with zero attached hydrogens (tertiary/aromatic N) is 1. The van der Waals surface area contributed by atoms with Crippen molar-refractivity contribution in [3.05, 3.63) is 10.6 Å². The lowest BCUT2D eigenvalue weighted by molar-refractivity contribution is -0.146. The quantitative estimate of drug-likeness (QED) is 0.781. The molecule has 0 saturated heterocycles. The highest BCUT2D eigenvalue weighted by atomic mass is 32.1. The lowest BCUT2D eigenvalue weighted by Gasteiger charge is -2.19. The number of hydrogen-bond donors (Lipinski definition) is 3. The molecule has 1 aromatic rings. The van der Waals surface area contributed by atoms with Crippen molar-refractivity contribution < 1.29 is 14.7 Å². The summed E-state index contributed by atoms with van der Waals surface area (Å²) in [5.41, 5.74) is -0.118. The molecule has 2 amide bonds. The van der Waals surface area contributed by atoms with E-state index in [9.17, 15) is 9.59 Å². The van der Waals surface area contributed by atoms with Crippen LogP contribution in [0.25, 0.3) is 0 Å². The molecule has 100 valence electrons. The van der Waals surface area contributed by atoms with Gasteiger partial charge in [0, 0.05) is 11.4 Å². The fourth-order valence-corrected chi connectivity index (χ4v) is 1.85. The number of rotatable bonds is 4. The van der Waals surface area contributed by atoms with Crippen molar-refractivity contribution in [2.45, 2.75) is 27.7 Å². The van der Waals surface area contributed by atoms with Gasteiger partial charge in [-0.3, -0.25) is 10.1 Å². The van der Waals surface area contributed by atoms with Crippen LogP contribution in [0.2, 0.25) is 0 Å². The molecule has 0 unspecified atom stereocenters. The summed E-state index contributed by atoms with van der Waals surface area (Å²) in [7, 11) is 0. The van der Waals surface area contributed by atoms with Gasteiger partial charge in [-0.2, -0.15) is 0 Å². The van der Waals surface area contributed by atoms with E-state index >= 15 is 0 Å². The Hall–Kier alpha value is -1.63. The second-order valence-corrected chi connectivity index (χ2v) is 5.86. The van der Waals surface area contributed by atoms with Gasteiger partial charge in [0.15, 0.2) is 5.13 Å². The van der Waals surface area contributed by atoms with Gasteiger partial charge in [-0.1, -0.05) is 0 Å². The van der Waals surface area contributed by atoms with Crippen molar-refractivity contribution in [2.75, 3.05) is 11.9 Å². The van der Waals surface area contributed by atoms with Crippen LogP contribution in [0.15, 0.2) is 0 Å². The summed E-state index contributed by atoms with van der Waals surface area (Å²) >= 11 is 1.38. The molecule has 1 aromatic heterocycles. The zero-order valence-electron chi connectivity index (χ0n) is 10.8. The molecule has 1 rings (SSSR count). The fraction of sp³-hybridized carbons (Fsp3) is 0.545. The van der Waals surface area contributed by atoms with Gasteiger partial charge in [-0.25, -0.2) is 9.78 Å². The maximum absolute atomic E-state index is 11.6. The van der Waals surface area contributed by atoms with E-state index in [4.69, 9.17) is 5.11 Å². The zero-order chi connectivity index (χ0) is 13.9. The first kappa shape index (κ1) is 14.4. The van der Waals surface area contributed by atoms with Gasteiger partial charge in [0.05, 0.1) is 11.1 Å². The standard InChI is InChI=1S/C11H17N3O3S/c1-6-7(2)18-10(13-6)14-9(17)12-5-11(3,4)8(15)16/h5H2,1-4H3,(H,15,16)(H2,12,13,14,17). The average molecular weight is 271 g/mol. The summed E-state index contributed by atoms with van der Waals surface area (Å²) in [6, 6.07) is -0.446. The minimum Gasteiger partial charge on any atom is -0.481 e. The van der Waals surface area contributed by atoms with Gasteiger partial charge in [0.25, 0.3) is 0 Å². The average Bonchev–Trinajstić information content (AvgIpc) is 2.55. The van der Waals surface area contributed by atoms with Crippen LogP contribution in [0.5, 0.6) is 0 Å². The van der Waals surface area contributed by atoms with Gasteiger partial charge in [0.1, 0.15) is 0 Å². The number of carbonyl (C=O) groups is 2. The molecule has 7 heteroatoms. The highest BCUT2D eigenvalue weighted by Crippen LogP contribution is 2.21. The molecule has 0 radical (unpaired) electrons. The van der Waals surface area contributed by atoms with Gasteiger partial charge < -0.3 is 10.4 Å². The Morgan fingerprint density at radius 2 is 2.00 bits per heavy atom. The monoisotopic (exact) mass is 271 g/mol. The van der Waals surface area contributed by atoms with Crippen LogP contribution in [-0.2, 0) is 4.79 Å². The topological polar surface area (TPSA) is 91.3 Å². The van der Waals surface area contributed by atoms with E-state index in [0.29, 0.717) is 5.13 Å². The van der Waals surface area contributed by atoms with E-state index in [2.05, 4.69) is 15.6 Å². The minimum absolute atomic E-state index is 0.0531. The number of nitrogens with one attached hydrogen (secondary N) is 2. The largest absolute Gasteiger partial charge is 0.481 e. The molecule has 6 nitrogen and oxygen atoms in total. The third-order valence-corrected chi connectivity index (χ3v) is 3.51. The highest BCUT2D eigenvalue weighted by Gasteiger charge is 2.27. The predicted octanol–water partition coefficient (Wildman–Crippen LogP) is 1.99. The van der Waals surface area contributed by atoms with Crippen LogP contribution in [0.4, 0.5) is 9.93 Å². The molecule has 1 heterocycles. The number of carboxylic acids is 1. The lowest BCUT2D eigenvalue weighted by Crippen LogP contribution is -2.40.